The van der Waals surface area contributed by atoms with Crippen LogP contribution in [0.25, 0.3) is 18.0 Å². The highest BCUT2D eigenvalue weighted by Gasteiger charge is 2.51. The molecule has 1 aliphatic heterocycles. The lowest BCUT2D eigenvalue weighted by molar-refractivity contribution is 0.141. The van der Waals surface area contributed by atoms with Crippen LogP contribution in [0.15, 0.2) is 59.7 Å². The molecule has 0 radical (unpaired) electrons. The number of aryl methyl sites for hydroxylation is 2. The zero-order valence-electron chi connectivity index (χ0n) is 23.3. The standard InChI is InChI=1S/C32H31N5O3S/c1-4-21-8-12-25-23(17-21)10-9-22-16-19(2)7-11-24(22)28(25)26-18-36(31(38)35-29(26)41)27-13-14-33-30(34-27)37(32(39)40)15-5-6-20(37)3/h7-14,16-18,20,28H,4-6,15H2,1-3H3,(H-,35,38,39,40,41)/p+1/t20-,28?,37?/m1/s1. The van der Waals surface area contributed by atoms with E-state index in [0.29, 0.717) is 17.0 Å². The zero-order chi connectivity index (χ0) is 28.9. The number of fused-ring (bicyclic) bond motifs is 2. The van der Waals surface area contributed by atoms with E-state index in [4.69, 9.17) is 12.2 Å². The first-order valence-electron chi connectivity index (χ1n) is 14.0. The van der Waals surface area contributed by atoms with Crippen LogP contribution in [0.2, 0.25) is 0 Å². The normalized spacial score (nSPS) is 21.2. The Bertz CT molecular complexity index is 1840. The number of aromatic amines is 1. The van der Waals surface area contributed by atoms with Gasteiger partial charge in [-0.3, -0.25) is 9.55 Å². The van der Waals surface area contributed by atoms with Crippen LogP contribution in [0, 0.1) is 11.6 Å². The van der Waals surface area contributed by atoms with Crippen molar-refractivity contribution in [3.63, 3.8) is 0 Å². The molecule has 2 aliphatic rings. The number of rotatable bonds is 4. The summed E-state index contributed by atoms with van der Waals surface area (Å²) in [6.07, 6.45) is 9.03. The van der Waals surface area contributed by atoms with Gasteiger partial charge in [-0.05, 0) is 48.1 Å². The van der Waals surface area contributed by atoms with Crippen LogP contribution in [0.5, 0.6) is 0 Å². The molecule has 41 heavy (non-hydrogen) atoms. The number of benzene rings is 2. The summed E-state index contributed by atoms with van der Waals surface area (Å²) in [7, 11) is 0. The van der Waals surface area contributed by atoms with Crippen LogP contribution in [0.4, 0.5) is 10.7 Å². The number of nitrogens with zero attached hydrogens (tertiary/aromatic N) is 4. The molecule has 8 nitrogen and oxygen atoms in total. The van der Waals surface area contributed by atoms with Gasteiger partial charge < -0.3 is 5.11 Å². The van der Waals surface area contributed by atoms with Crippen molar-refractivity contribution in [3.8, 4) is 5.82 Å². The fraction of sp³-hybridized carbons (Fsp3) is 0.281. The van der Waals surface area contributed by atoms with E-state index in [0.717, 1.165) is 52.6 Å². The number of nitrogens with one attached hydrogen (secondary N) is 1. The Hall–Kier alpha value is -4.21. The third-order valence-electron chi connectivity index (χ3n) is 8.61. The third kappa shape index (κ3) is 4.45. The lowest BCUT2D eigenvalue weighted by Gasteiger charge is -2.29. The summed E-state index contributed by atoms with van der Waals surface area (Å²) < 4.78 is 1.42. The van der Waals surface area contributed by atoms with Crippen molar-refractivity contribution in [3.05, 3.63) is 109 Å². The Kier molecular flexibility index (Phi) is 6.79. The molecule has 2 aromatic carbocycles. The van der Waals surface area contributed by atoms with Crippen molar-refractivity contribution in [1.29, 1.82) is 0 Å². The summed E-state index contributed by atoms with van der Waals surface area (Å²) in [4.78, 5) is 37.7. The largest absolute Gasteiger partial charge is 0.521 e. The number of likely N-dealkylation sites (tertiary alicyclic amines) is 1. The minimum absolute atomic E-state index is 0.174. The fourth-order valence-corrected chi connectivity index (χ4v) is 6.56. The van der Waals surface area contributed by atoms with Gasteiger partial charge in [0.1, 0.15) is 16.5 Å². The number of H-pyrrole nitrogens is 1. The van der Waals surface area contributed by atoms with Crippen molar-refractivity contribution in [2.75, 3.05) is 6.54 Å². The Labute approximate surface area is 243 Å². The van der Waals surface area contributed by atoms with Gasteiger partial charge in [-0.2, -0.15) is 19.2 Å². The number of quaternary nitrogens is 1. The maximum atomic E-state index is 13.3. The van der Waals surface area contributed by atoms with Crippen LogP contribution >= 0.6 is 12.2 Å². The number of aromatic nitrogens is 4. The third-order valence-corrected chi connectivity index (χ3v) is 8.94. The van der Waals surface area contributed by atoms with Crippen molar-refractivity contribution in [1.82, 2.24) is 24.0 Å². The van der Waals surface area contributed by atoms with Gasteiger partial charge in [0, 0.05) is 42.8 Å². The van der Waals surface area contributed by atoms with Gasteiger partial charge in [0.2, 0.25) is 0 Å². The van der Waals surface area contributed by atoms with E-state index in [-0.39, 0.29) is 22.4 Å². The molecule has 1 fully saturated rings. The van der Waals surface area contributed by atoms with Crippen LogP contribution in [0.1, 0.15) is 71.6 Å². The van der Waals surface area contributed by atoms with Gasteiger partial charge in [0.05, 0.1) is 6.54 Å². The average molecular weight is 567 g/mol. The van der Waals surface area contributed by atoms with Gasteiger partial charge >= 0.3 is 17.7 Å². The van der Waals surface area contributed by atoms with Gasteiger partial charge in [-0.15, -0.1) is 0 Å². The van der Waals surface area contributed by atoms with Gasteiger partial charge in [0.25, 0.3) is 0 Å². The van der Waals surface area contributed by atoms with E-state index in [2.05, 4.69) is 77.3 Å². The van der Waals surface area contributed by atoms with E-state index in [1.165, 1.54) is 16.3 Å². The maximum absolute atomic E-state index is 13.3. The molecular weight excluding hydrogens is 534 g/mol. The van der Waals surface area contributed by atoms with Crippen LogP contribution in [0.3, 0.4) is 0 Å². The molecule has 4 aromatic rings. The highest BCUT2D eigenvalue weighted by atomic mass is 32.1. The summed E-state index contributed by atoms with van der Waals surface area (Å²) in [6, 6.07) is 14.3. The predicted molar refractivity (Wildman–Crippen MR) is 163 cm³/mol. The lowest BCUT2D eigenvalue weighted by Crippen LogP contribution is -2.56. The first kappa shape index (κ1) is 27.0. The first-order chi connectivity index (χ1) is 19.7. The lowest BCUT2D eigenvalue weighted by atomic mass is 9.82. The molecule has 208 valence electrons. The predicted octanol–water partition coefficient (Wildman–Crippen LogP) is 6.39. The molecule has 1 saturated heterocycles. The fourth-order valence-electron chi connectivity index (χ4n) is 6.31. The highest BCUT2D eigenvalue weighted by molar-refractivity contribution is 7.71. The molecular formula is C32H32N5O3S+. The minimum atomic E-state index is -0.992. The average Bonchev–Trinajstić information content (AvgIpc) is 3.29. The molecule has 1 amide bonds. The maximum Gasteiger partial charge on any atom is 0.521 e. The first-order valence-corrected chi connectivity index (χ1v) is 14.4. The van der Waals surface area contributed by atoms with E-state index < -0.39 is 11.8 Å². The number of amides is 1. The van der Waals surface area contributed by atoms with Crippen LogP contribution in [-0.4, -0.2) is 43.3 Å². The Balaban J connectivity index is 1.56. The highest BCUT2D eigenvalue weighted by Crippen LogP contribution is 2.40. The van der Waals surface area contributed by atoms with Crippen molar-refractivity contribution < 1.29 is 9.90 Å². The Morgan fingerprint density at radius 3 is 2.54 bits per heavy atom. The van der Waals surface area contributed by atoms with Gasteiger partial charge in [-0.1, -0.05) is 73.3 Å². The second kappa shape index (κ2) is 10.3. The number of carbonyl (C=O) groups is 1. The molecule has 0 spiro atoms. The smallest absolute Gasteiger partial charge is 0.435 e. The van der Waals surface area contributed by atoms with Gasteiger partial charge in [0.15, 0.2) is 0 Å². The molecule has 1 aliphatic carbocycles. The molecule has 3 atom stereocenters. The number of carboxylic acid groups (broad SMARTS) is 1. The summed E-state index contributed by atoms with van der Waals surface area (Å²) in [5.74, 6) is 0.227. The molecule has 0 saturated carbocycles. The molecule has 2 unspecified atom stereocenters. The zero-order valence-corrected chi connectivity index (χ0v) is 24.1. The van der Waals surface area contributed by atoms with Crippen LogP contribution < -0.4 is 10.2 Å². The Morgan fingerprint density at radius 1 is 1.12 bits per heavy atom. The van der Waals surface area contributed by atoms with E-state index in [1.807, 2.05) is 6.92 Å². The van der Waals surface area contributed by atoms with Crippen molar-refractivity contribution in [2.24, 2.45) is 0 Å². The quantitative estimate of drug-likeness (QED) is 0.193. The van der Waals surface area contributed by atoms with Crippen molar-refractivity contribution in [2.45, 2.75) is 52.0 Å². The second-order valence-electron chi connectivity index (χ2n) is 11.0. The van der Waals surface area contributed by atoms with E-state index in [1.54, 1.807) is 12.3 Å². The minimum Gasteiger partial charge on any atom is -0.435 e. The van der Waals surface area contributed by atoms with E-state index >= 15 is 0 Å². The summed E-state index contributed by atoms with van der Waals surface area (Å²) in [5, 5.41) is 10.2. The molecule has 2 N–H and O–H groups in total. The molecule has 3 heterocycles. The molecule has 2 aromatic heterocycles. The Morgan fingerprint density at radius 2 is 1.85 bits per heavy atom. The second-order valence-corrected chi connectivity index (χ2v) is 11.4. The number of hydrogen-bond donors (Lipinski definition) is 2. The summed E-state index contributed by atoms with van der Waals surface area (Å²) in [5.41, 5.74) is 7.09. The van der Waals surface area contributed by atoms with Crippen molar-refractivity contribution >= 4 is 36.4 Å². The SMILES string of the molecule is CCc1ccc2c(c1)C=Cc1cc(C)ccc1C2c1cn(-c2ccnc([N+]3(C(=O)O)CCC[C@H]3C)n2)c(=O)[nH]c1=S. The monoisotopic (exact) mass is 566 g/mol. The molecule has 6 rings (SSSR count). The van der Waals surface area contributed by atoms with E-state index in [9.17, 15) is 14.7 Å². The van der Waals surface area contributed by atoms with Gasteiger partial charge in [-0.25, -0.2) is 4.79 Å². The topological polar surface area (TPSA) is 101 Å². The number of hydrogen-bond acceptors (Lipinski definition) is 5. The summed E-state index contributed by atoms with van der Waals surface area (Å²) in [6.45, 7) is 6.52. The summed E-state index contributed by atoms with van der Waals surface area (Å²) >= 11 is 5.78. The van der Waals surface area contributed by atoms with Crippen LogP contribution in [-0.2, 0) is 6.42 Å². The molecule has 9 heteroatoms. The molecule has 0 bridgehead atoms.